The van der Waals surface area contributed by atoms with Crippen LogP contribution in [0.5, 0.6) is 0 Å². The van der Waals surface area contributed by atoms with Gasteiger partial charge in [0.2, 0.25) is 0 Å². The quantitative estimate of drug-likeness (QED) is 0.602. The van der Waals surface area contributed by atoms with Crippen molar-refractivity contribution in [2.75, 3.05) is 14.2 Å². The van der Waals surface area contributed by atoms with E-state index in [1.165, 1.54) is 18.0 Å². The van der Waals surface area contributed by atoms with E-state index < -0.39 is 8.32 Å². The average Bonchev–Trinajstić information content (AvgIpc) is 2.91. The first kappa shape index (κ1) is 20.0. The van der Waals surface area contributed by atoms with Crippen LogP contribution in [0.1, 0.15) is 42.2 Å². The highest BCUT2D eigenvalue weighted by atomic mass is 28.4. The Hall–Kier alpha value is -2.77. The van der Waals surface area contributed by atoms with Gasteiger partial charge in [0.05, 0.1) is 17.7 Å². The Morgan fingerprint density at radius 2 is 1.71 bits per heavy atom. The molecule has 1 aliphatic rings. The summed E-state index contributed by atoms with van der Waals surface area (Å²) in [6.07, 6.45) is 0. The van der Waals surface area contributed by atoms with Crippen molar-refractivity contribution < 1.29 is 18.8 Å². The molecule has 0 radical (unpaired) electrons. The minimum Gasteiger partial charge on any atom is -0.420 e. The van der Waals surface area contributed by atoms with Crippen LogP contribution < -0.4 is 5.32 Å². The predicted molar refractivity (Wildman–Crippen MR) is 109 cm³/mol. The molecule has 6 nitrogen and oxygen atoms in total. The Morgan fingerprint density at radius 1 is 1.04 bits per heavy atom. The maximum absolute atomic E-state index is 12.8. The molecule has 1 N–H and O–H groups in total. The topological polar surface area (TPSA) is 75.7 Å². The SMILES string of the molecule is CNC(=O)c1ccc2c(c1)C(=O)N(Cc1cccc(C[Si](C)(C)OC)c1)C2=O. The Bertz CT molecular complexity index is 955. The van der Waals surface area contributed by atoms with Crippen molar-refractivity contribution in [3.63, 3.8) is 0 Å². The maximum atomic E-state index is 12.8. The average molecular weight is 397 g/mol. The number of imide groups is 1. The molecule has 0 aliphatic carbocycles. The van der Waals surface area contributed by atoms with Crippen molar-refractivity contribution in [1.82, 2.24) is 10.2 Å². The first-order valence-electron chi connectivity index (χ1n) is 9.11. The molecule has 0 unspecified atom stereocenters. The molecule has 7 heteroatoms. The van der Waals surface area contributed by atoms with Crippen LogP contribution in [0.15, 0.2) is 42.5 Å². The number of fused-ring (bicyclic) bond motifs is 1. The summed E-state index contributed by atoms with van der Waals surface area (Å²) in [5.41, 5.74) is 2.99. The molecule has 1 heterocycles. The number of amides is 3. The largest absolute Gasteiger partial charge is 0.420 e. The van der Waals surface area contributed by atoms with E-state index >= 15 is 0 Å². The predicted octanol–water partition coefficient (Wildman–Crippen LogP) is 2.78. The summed E-state index contributed by atoms with van der Waals surface area (Å²) < 4.78 is 5.62. The number of rotatable bonds is 6. The summed E-state index contributed by atoms with van der Waals surface area (Å²) in [4.78, 5) is 38.6. The molecule has 0 atom stereocenters. The van der Waals surface area contributed by atoms with Gasteiger partial charge in [0.15, 0.2) is 8.32 Å². The molecule has 0 aromatic heterocycles. The van der Waals surface area contributed by atoms with E-state index in [0.29, 0.717) is 11.1 Å². The van der Waals surface area contributed by atoms with Crippen LogP contribution in [0.2, 0.25) is 13.1 Å². The summed E-state index contributed by atoms with van der Waals surface area (Å²) >= 11 is 0. The minimum absolute atomic E-state index is 0.199. The van der Waals surface area contributed by atoms with Gasteiger partial charge in [-0.2, -0.15) is 0 Å². The van der Waals surface area contributed by atoms with Crippen LogP contribution in [0.25, 0.3) is 0 Å². The van der Waals surface area contributed by atoms with Crippen molar-refractivity contribution >= 4 is 26.0 Å². The van der Waals surface area contributed by atoms with Gasteiger partial charge in [-0.25, -0.2) is 0 Å². The number of nitrogens with one attached hydrogen (secondary N) is 1. The van der Waals surface area contributed by atoms with Gasteiger partial charge >= 0.3 is 0 Å². The van der Waals surface area contributed by atoms with Crippen LogP contribution in [0.4, 0.5) is 0 Å². The maximum Gasteiger partial charge on any atom is 0.261 e. The van der Waals surface area contributed by atoms with Gasteiger partial charge in [0, 0.05) is 19.7 Å². The Balaban J connectivity index is 1.83. The van der Waals surface area contributed by atoms with Crippen LogP contribution >= 0.6 is 0 Å². The molecule has 0 bridgehead atoms. The summed E-state index contributed by atoms with van der Waals surface area (Å²) in [7, 11) is 1.49. The zero-order valence-electron chi connectivity index (χ0n) is 16.5. The number of benzene rings is 2. The summed E-state index contributed by atoms with van der Waals surface area (Å²) in [6, 6.07) is 13.3. The highest BCUT2D eigenvalue weighted by Crippen LogP contribution is 2.26. The Morgan fingerprint density at radius 3 is 2.39 bits per heavy atom. The van der Waals surface area contributed by atoms with Crippen LogP contribution in [0, 0.1) is 0 Å². The molecule has 2 aromatic carbocycles. The third-order valence-corrected chi connectivity index (χ3v) is 7.34. The molecular formula is C21H24N2O4Si. The molecule has 3 rings (SSSR count). The van der Waals surface area contributed by atoms with Gasteiger partial charge in [-0.1, -0.05) is 24.3 Å². The van der Waals surface area contributed by atoms with E-state index in [-0.39, 0.29) is 29.8 Å². The van der Waals surface area contributed by atoms with E-state index in [2.05, 4.69) is 18.4 Å². The zero-order valence-corrected chi connectivity index (χ0v) is 17.5. The third kappa shape index (κ3) is 3.90. The number of carbonyl (C=O) groups excluding carboxylic acids is 3. The van der Waals surface area contributed by atoms with Crippen LogP contribution in [-0.4, -0.2) is 45.1 Å². The van der Waals surface area contributed by atoms with Gasteiger partial charge in [-0.05, 0) is 48.5 Å². The summed E-state index contributed by atoms with van der Waals surface area (Å²) in [5, 5.41) is 2.52. The summed E-state index contributed by atoms with van der Waals surface area (Å²) in [6.45, 7) is 4.49. The molecule has 28 heavy (non-hydrogen) atoms. The normalized spacial score (nSPS) is 13.6. The van der Waals surface area contributed by atoms with Crippen molar-refractivity contribution in [2.45, 2.75) is 25.7 Å². The van der Waals surface area contributed by atoms with Gasteiger partial charge in [-0.15, -0.1) is 0 Å². The second-order valence-electron chi connectivity index (χ2n) is 7.50. The minimum atomic E-state index is -1.77. The monoisotopic (exact) mass is 396 g/mol. The highest BCUT2D eigenvalue weighted by Gasteiger charge is 2.36. The fourth-order valence-electron chi connectivity index (χ4n) is 3.30. The molecule has 2 aromatic rings. The summed E-state index contributed by atoms with van der Waals surface area (Å²) in [5.74, 6) is -0.998. The molecule has 0 saturated heterocycles. The van der Waals surface area contributed by atoms with Crippen molar-refractivity contribution in [3.05, 3.63) is 70.3 Å². The number of carbonyl (C=O) groups is 3. The molecule has 0 fully saturated rings. The molecule has 146 valence electrons. The standard InChI is InChI=1S/C21H24N2O4Si/c1-22-19(24)16-8-9-17-18(11-16)21(26)23(20(17)25)12-14-6-5-7-15(10-14)13-28(3,4)27-2/h5-11H,12-13H2,1-4H3,(H,22,24). The number of hydrogen-bond donors (Lipinski definition) is 1. The lowest BCUT2D eigenvalue weighted by molar-refractivity contribution is 0.0642. The van der Waals surface area contributed by atoms with Crippen molar-refractivity contribution in [2.24, 2.45) is 0 Å². The first-order valence-corrected chi connectivity index (χ1v) is 12.2. The van der Waals surface area contributed by atoms with Crippen LogP contribution in [-0.2, 0) is 17.0 Å². The van der Waals surface area contributed by atoms with Crippen LogP contribution in [0.3, 0.4) is 0 Å². The Kier molecular flexibility index (Phi) is 5.49. The van der Waals surface area contributed by atoms with Crippen molar-refractivity contribution in [3.8, 4) is 0 Å². The van der Waals surface area contributed by atoms with E-state index in [1.54, 1.807) is 19.2 Å². The first-order chi connectivity index (χ1) is 13.3. The Labute approximate surface area is 165 Å². The second kappa shape index (κ2) is 7.69. The molecule has 1 aliphatic heterocycles. The number of hydrogen-bond acceptors (Lipinski definition) is 4. The van der Waals surface area contributed by atoms with Crippen molar-refractivity contribution in [1.29, 1.82) is 0 Å². The molecule has 3 amide bonds. The van der Waals surface area contributed by atoms with E-state index in [9.17, 15) is 14.4 Å². The lowest BCUT2D eigenvalue weighted by atomic mass is 10.1. The molecule has 0 saturated carbocycles. The number of nitrogens with zero attached hydrogens (tertiary/aromatic N) is 1. The lowest BCUT2D eigenvalue weighted by Crippen LogP contribution is -2.32. The van der Waals surface area contributed by atoms with E-state index in [4.69, 9.17) is 4.43 Å². The third-order valence-electron chi connectivity index (χ3n) is 4.97. The van der Waals surface area contributed by atoms with Gasteiger partial charge < -0.3 is 9.74 Å². The molecule has 0 spiro atoms. The smallest absolute Gasteiger partial charge is 0.261 e. The second-order valence-corrected chi connectivity index (χ2v) is 11.8. The zero-order chi connectivity index (χ0) is 20.5. The van der Waals surface area contributed by atoms with Gasteiger partial charge in [-0.3, -0.25) is 19.3 Å². The molecular weight excluding hydrogens is 372 g/mol. The fourth-order valence-corrected chi connectivity index (χ4v) is 4.65. The van der Waals surface area contributed by atoms with E-state index in [0.717, 1.165) is 17.2 Å². The van der Waals surface area contributed by atoms with Gasteiger partial charge in [0.25, 0.3) is 17.7 Å². The lowest BCUT2D eigenvalue weighted by Gasteiger charge is -2.20. The fraction of sp³-hybridized carbons (Fsp3) is 0.286. The highest BCUT2D eigenvalue weighted by molar-refractivity contribution is 6.70. The van der Waals surface area contributed by atoms with E-state index in [1.807, 2.05) is 24.3 Å². The van der Waals surface area contributed by atoms with Gasteiger partial charge in [0.1, 0.15) is 0 Å².